The van der Waals surface area contributed by atoms with Gasteiger partial charge in [0.1, 0.15) is 18.1 Å². The SMILES string of the molecule is Nc1ncnc2c1ncn2C1CCC(COS(=O)NC(=O)CCC2(O)NC(=O)c3ccccc32)O1. The van der Waals surface area contributed by atoms with Crippen LogP contribution >= 0.6 is 0 Å². The van der Waals surface area contributed by atoms with Gasteiger partial charge in [-0.05, 0) is 18.9 Å². The highest BCUT2D eigenvalue weighted by Gasteiger charge is 2.41. The van der Waals surface area contributed by atoms with Gasteiger partial charge in [-0.1, -0.05) is 18.2 Å². The summed E-state index contributed by atoms with van der Waals surface area (Å²) in [4.78, 5) is 36.6. The summed E-state index contributed by atoms with van der Waals surface area (Å²) >= 11 is -2.09. The number of rotatable bonds is 8. The Morgan fingerprint density at radius 3 is 3.03 bits per heavy atom. The van der Waals surface area contributed by atoms with Gasteiger partial charge in [0.25, 0.3) is 17.2 Å². The van der Waals surface area contributed by atoms with Crippen molar-refractivity contribution in [3.8, 4) is 0 Å². The molecule has 2 aliphatic heterocycles. The zero-order valence-electron chi connectivity index (χ0n) is 18.4. The van der Waals surface area contributed by atoms with Crippen LogP contribution in [0, 0.1) is 0 Å². The van der Waals surface area contributed by atoms with Crippen LogP contribution in [0.3, 0.4) is 0 Å². The van der Waals surface area contributed by atoms with Crippen molar-refractivity contribution in [1.29, 1.82) is 0 Å². The lowest BCUT2D eigenvalue weighted by molar-refractivity contribution is -0.121. The van der Waals surface area contributed by atoms with E-state index >= 15 is 0 Å². The summed E-state index contributed by atoms with van der Waals surface area (Å²) in [6.45, 7) is 0.000510. The molecule has 14 heteroatoms. The topological polar surface area (TPSA) is 184 Å². The second-order valence-electron chi connectivity index (χ2n) is 8.28. The molecule has 0 bridgehead atoms. The molecule has 5 N–H and O–H groups in total. The quantitative estimate of drug-likeness (QED) is 0.332. The Morgan fingerprint density at radius 2 is 2.17 bits per heavy atom. The van der Waals surface area contributed by atoms with E-state index in [2.05, 4.69) is 25.0 Å². The number of hydrogen-bond acceptors (Lipinski definition) is 10. The number of carbonyl (C=O) groups excluding carboxylic acids is 2. The minimum atomic E-state index is -2.09. The average molecular weight is 502 g/mol. The minimum absolute atomic E-state index is 0.000510. The van der Waals surface area contributed by atoms with E-state index in [1.165, 1.54) is 6.33 Å². The number of amides is 2. The number of nitrogens with one attached hydrogen (secondary N) is 2. The summed E-state index contributed by atoms with van der Waals surface area (Å²) in [6.07, 6.45) is 3.30. The molecule has 0 aliphatic carbocycles. The monoisotopic (exact) mass is 501 g/mol. The maximum Gasteiger partial charge on any atom is 0.264 e. The number of hydrogen-bond donors (Lipinski definition) is 4. The Labute approximate surface area is 201 Å². The number of imidazole rings is 1. The number of nitrogens with zero attached hydrogens (tertiary/aromatic N) is 4. The Bertz CT molecular complexity index is 1320. The van der Waals surface area contributed by atoms with Gasteiger partial charge in [0.15, 0.2) is 17.2 Å². The van der Waals surface area contributed by atoms with Crippen molar-refractivity contribution in [2.24, 2.45) is 0 Å². The van der Waals surface area contributed by atoms with E-state index in [0.717, 1.165) is 0 Å². The Morgan fingerprint density at radius 1 is 1.34 bits per heavy atom. The van der Waals surface area contributed by atoms with Crippen LogP contribution in [-0.2, 0) is 30.7 Å². The Kier molecular flexibility index (Phi) is 6.19. The van der Waals surface area contributed by atoms with Crippen LogP contribution in [0.1, 0.15) is 47.8 Å². The van der Waals surface area contributed by atoms with Crippen LogP contribution in [0.25, 0.3) is 11.2 Å². The number of aromatic nitrogens is 4. The third-order valence-corrected chi connectivity index (χ3v) is 6.74. The molecule has 2 amide bonds. The summed E-state index contributed by atoms with van der Waals surface area (Å²) < 4.78 is 27.4. The van der Waals surface area contributed by atoms with Gasteiger partial charge in [0.05, 0.1) is 19.0 Å². The molecule has 0 saturated carbocycles. The number of aliphatic hydroxyl groups is 1. The number of anilines is 1. The third kappa shape index (κ3) is 4.60. The zero-order chi connectivity index (χ0) is 24.6. The molecule has 1 aromatic carbocycles. The first-order valence-electron chi connectivity index (χ1n) is 10.9. The molecule has 35 heavy (non-hydrogen) atoms. The van der Waals surface area contributed by atoms with E-state index in [-0.39, 0.29) is 37.6 Å². The molecule has 4 atom stereocenters. The van der Waals surface area contributed by atoms with Gasteiger partial charge < -0.3 is 20.9 Å². The summed E-state index contributed by atoms with van der Waals surface area (Å²) in [5, 5.41) is 13.3. The van der Waals surface area contributed by atoms with Gasteiger partial charge >= 0.3 is 0 Å². The van der Waals surface area contributed by atoms with Crippen LogP contribution in [0.15, 0.2) is 36.9 Å². The third-order valence-electron chi connectivity index (χ3n) is 5.99. The Balaban J connectivity index is 1.08. The fraction of sp³-hybridized carbons (Fsp3) is 0.381. The molecular weight excluding hydrogens is 478 g/mol. The molecule has 0 spiro atoms. The van der Waals surface area contributed by atoms with Crippen molar-refractivity contribution in [3.63, 3.8) is 0 Å². The first-order chi connectivity index (χ1) is 16.8. The van der Waals surface area contributed by atoms with E-state index < -0.39 is 28.8 Å². The van der Waals surface area contributed by atoms with Gasteiger partial charge in [-0.25, -0.2) is 19.2 Å². The molecule has 4 heterocycles. The highest BCUT2D eigenvalue weighted by atomic mass is 32.2. The summed E-state index contributed by atoms with van der Waals surface area (Å²) in [6, 6.07) is 6.60. The largest absolute Gasteiger partial charge is 0.382 e. The predicted octanol–water partition coefficient (Wildman–Crippen LogP) is 0.167. The van der Waals surface area contributed by atoms with Crippen molar-refractivity contribution in [2.45, 2.75) is 43.7 Å². The molecular formula is C21H23N7O6S. The van der Waals surface area contributed by atoms with E-state index in [4.69, 9.17) is 14.7 Å². The van der Waals surface area contributed by atoms with E-state index in [9.17, 15) is 18.9 Å². The van der Waals surface area contributed by atoms with Crippen LogP contribution in [0.5, 0.6) is 0 Å². The molecule has 0 radical (unpaired) electrons. The van der Waals surface area contributed by atoms with E-state index in [0.29, 0.717) is 35.1 Å². The van der Waals surface area contributed by atoms with E-state index in [1.807, 2.05) is 0 Å². The Hall–Kier alpha value is -3.46. The van der Waals surface area contributed by atoms with Crippen LogP contribution in [-0.4, -0.2) is 53.4 Å². The molecule has 2 aromatic heterocycles. The number of nitrogens with two attached hydrogens (primary N) is 1. The number of fused-ring (bicyclic) bond motifs is 2. The van der Waals surface area contributed by atoms with Crippen LogP contribution < -0.4 is 15.8 Å². The molecule has 2 aliphatic rings. The van der Waals surface area contributed by atoms with Gasteiger partial charge in [0, 0.05) is 24.0 Å². The zero-order valence-corrected chi connectivity index (χ0v) is 19.2. The first-order valence-corrected chi connectivity index (χ1v) is 12.0. The normalized spacial score (nSPS) is 24.3. The second-order valence-corrected chi connectivity index (χ2v) is 9.19. The van der Waals surface area contributed by atoms with Crippen molar-refractivity contribution in [2.75, 3.05) is 12.3 Å². The van der Waals surface area contributed by atoms with Gasteiger partial charge in [0.2, 0.25) is 5.91 Å². The highest BCUT2D eigenvalue weighted by molar-refractivity contribution is 7.78. The second kappa shape index (κ2) is 9.30. The summed E-state index contributed by atoms with van der Waals surface area (Å²) in [7, 11) is 0. The molecule has 3 aromatic rings. The lowest BCUT2D eigenvalue weighted by Gasteiger charge is -2.23. The van der Waals surface area contributed by atoms with Crippen LogP contribution in [0.2, 0.25) is 0 Å². The molecule has 1 fully saturated rings. The standard InChI is InChI=1S/C21H23N7O6S/c22-18-17-19(24-10-23-18)28(11-25-17)16-6-5-12(34-16)9-33-35(32)27-15(29)7-8-21(31)14-4-2-1-3-13(14)20(30)26-21/h1-4,10-12,16,31H,5-9H2,(H,26,30)(H,27,29)(H2,22,23,24). The molecule has 4 unspecified atom stereocenters. The first kappa shape index (κ1) is 23.3. The van der Waals surface area contributed by atoms with Crippen LogP contribution in [0.4, 0.5) is 5.82 Å². The maximum atomic E-state index is 12.2. The van der Waals surface area contributed by atoms with Crippen molar-refractivity contribution in [1.82, 2.24) is 29.6 Å². The maximum absolute atomic E-state index is 12.2. The van der Waals surface area contributed by atoms with E-state index in [1.54, 1.807) is 35.2 Å². The fourth-order valence-corrected chi connectivity index (χ4v) is 4.88. The number of benzene rings is 1. The number of nitrogen functional groups attached to an aromatic ring is 1. The van der Waals surface area contributed by atoms with Gasteiger partial charge in [-0.3, -0.25) is 23.1 Å². The number of ether oxygens (including phenoxy) is 1. The van der Waals surface area contributed by atoms with Crippen molar-refractivity contribution < 1.29 is 27.8 Å². The molecule has 1 saturated heterocycles. The summed E-state index contributed by atoms with van der Waals surface area (Å²) in [5.41, 5.74) is 5.97. The predicted molar refractivity (Wildman–Crippen MR) is 122 cm³/mol. The average Bonchev–Trinajstić information content (AvgIpc) is 3.54. The van der Waals surface area contributed by atoms with Crippen molar-refractivity contribution in [3.05, 3.63) is 48.0 Å². The molecule has 13 nitrogen and oxygen atoms in total. The highest BCUT2D eigenvalue weighted by Crippen LogP contribution is 2.33. The minimum Gasteiger partial charge on any atom is -0.382 e. The lowest BCUT2D eigenvalue weighted by Crippen LogP contribution is -2.40. The molecule has 184 valence electrons. The van der Waals surface area contributed by atoms with Gasteiger partial charge in [-0.15, -0.1) is 0 Å². The smallest absolute Gasteiger partial charge is 0.264 e. The number of carbonyl (C=O) groups is 2. The van der Waals surface area contributed by atoms with Crippen molar-refractivity contribution >= 4 is 40.1 Å². The molecule has 5 rings (SSSR count). The lowest BCUT2D eigenvalue weighted by atomic mass is 9.97. The summed E-state index contributed by atoms with van der Waals surface area (Å²) in [5.74, 6) is -0.725. The fourth-order valence-electron chi connectivity index (χ4n) is 4.26. The van der Waals surface area contributed by atoms with Gasteiger partial charge in [-0.2, -0.15) is 0 Å².